The second-order valence-electron chi connectivity index (χ2n) is 6.10. The number of ketones is 1. The molecule has 0 atom stereocenters. The van der Waals surface area contributed by atoms with Crippen LogP contribution in [0, 0.1) is 0 Å². The van der Waals surface area contributed by atoms with Gasteiger partial charge in [-0.25, -0.2) is 8.42 Å². The third kappa shape index (κ3) is 3.22. The van der Waals surface area contributed by atoms with E-state index in [1.165, 1.54) is 4.31 Å². The Morgan fingerprint density at radius 2 is 1.76 bits per heavy atom. The highest BCUT2D eigenvalue weighted by Gasteiger charge is 2.37. The van der Waals surface area contributed by atoms with Gasteiger partial charge in [0.25, 0.3) is 0 Å². The number of hydrogen-bond acceptors (Lipinski definition) is 5. The third-order valence-corrected chi connectivity index (χ3v) is 7.05. The van der Waals surface area contributed by atoms with E-state index >= 15 is 0 Å². The van der Waals surface area contributed by atoms with E-state index in [0.717, 1.165) is 5.70 Å². The van der Waals surface area contributed by atoms with Crippen molar-refractivity contribution in [2.45, 2.75) is 25.5 Å². The Bertz CT molecular complexity index is 597. The van der Waals surface area contributed by atoms with E-state index in [0.29, 0.717) is 30.7 Å². The van der Waals surface area contributed by atoms with Crippen LogP contribution in [0.1, 0.15) is 20.8 Å². The van der Waals surface area contributed by atoms with Gasteiger partial charge in [-0.2, -0.15) is 4.31 Å². The molecule has 21 heavy (non-hydrogen) atoms. The molecule has 2 rings (SSSR count). The molecule has 2 aliphatic heterocycles. The van der Waals surface area contributed by atoms with Gasteiger partial charge < -0.3 is 4.90 Å². The van der Waals surface area contributed by atoms with E-state index in [2.05, 4.69) is 20.9 Å². The van der Waals surface area contributed by atoms with Gasteiger partial charge in [-0.1, -0.05) is 0 Å². The molecule has 2 aliphatic rings. The molecular weight excluding hydrogens is 358 g/mol. The zero-order valence-electron chi connectivity index (χ0n) is 12.5. The summed E-state index contributed by atoms with van der Waals surface area (Å²) in [6, 6.07) is 0. The van der Waals surface area contributed by atoms with Crippen LogP contribution in [0.15, 0.2) is 15.2 Å². The van der Waals surface area contributed by atoms with Gasteiger partial charge in [-0.15, -0.1) is 0 Å². The smallest absolute Gasteiger partial charge is 0.219 e. The van der Waals surface area contributed by atoms with Crippen LogP contribution in [0.3, 0.4) is 0 Å². The second kappa shape index (κ2) is 5.81. The summed E-state index contributed by atoms with van der Waals surface area (Å²) in [5, 5.41) is 0. The maximum atomic E-state index is 12.4. The fourth-order valence-corrected chi connectivity index (χ4v) is 4.16. The fourth-order valence-electron chi connectivity index (χ4n) is 2.26. The Hall–Kier alpha value is -0.730. The lowest BCUT2D eigenvalue weighted by Crippen LogP contribution is -2.52. The predicted molar refractivity (Wildman–Crippen MR) is 86.1 cm³/mol. The Morgan fingerprint density at radius 1 is 1.19 bits per heavy atom. The van der Waals surface area contributed by atoms with E-state index in [4.69, 9.17) is 0 Å². The molecule has 0 aromatic rings. The first-order chi connectivity index (χ1) is 9.64. The highest BCUT2D eigenvalue weighted by molar-refractivity contribution is 9.12. The molecule has 0 aliphatic carbocycles. The number of Topliss-reactive ketones (excluding diaryl/α,β-unsaturated/α-hetero) is 1. The van der Waals surface area contributed by atoms with Crippen LogP contribution < -0.4 is 0 Å². The quantitative estimate of drug-likeness (QED) is 0.719. The van der Waals surface area contributed by atoms with Crippen molar-refractivity contribution in [1.82, 2.24) is 9.21 Å². The standard InChI is InChI=1S/C13H20BrN3O3S/c1-13(2,3)21(19,20)17-6-4-16(5-7-17)10-8-15-9-11(18)12(10)14/h8H,4-7,9H2,1-3H3. The van der Waals surface area contributed by atoms with Crippen LogP contribution >= 0.6 is 15.9 Å². The van der Waals surface area contributed by atoms with E-state index < -0.39 is 14.8 Å². The first-order valence-corrected chi connectivity index (χ1v) is 9.05. The number of piperazine rings is 1. The molecule has 0 amide bonds. The molecule has 0 saturated carbocycles. The molecule has 2 heterocycles. The number of nitrogens with zero attached hydrogens (tertiary/aromatic N) is 3. The van der Waals surface area contributed by atoms with Crippen LogP contribution in [-0.2, 0) is 14.8 Å². The van der Waals surface area contributed by atoms with Crippen molar-refractivity contribution in [3.05, 3.63) is 10.2 Å². The number of halogens is 1. The van der Waals surface area contributed by atoms with Crippen LogP contribution in [0.25, 0.3) is 0 Å². The zero-order chi connectivity index (χ0) is 15.8. The highest BCUT2D eigenvalue weighted by atomic mass is 79.9. The van der Waals surface area contributed by atoms with Crippen LogP contribution in [0.2, 0.25) is 0 Å². The topological polar surface area (TPSA) is 70.1 Å². The predicted octanol–water partition coefficient (Wildman–Crippen LogP) is 0.992. The summed E-state index contributed by atoms with van der Waals surface area (Å²) < 4.78 is 26.1. The Kier molecular flexibility index (Phi) is 4.60. The summed E-state index contributed by atoms with van der Waals surface area (Å²) >= 11 is 3.31. The monoisotopic (exact) mass is 377 g/mol. The Labute approximate surface area is 134 Å². The summed E-state index contributed by atoms with van der Waals surface area (Å²) in [4.78, 5) is 17.7. The first kappa shape index (κ1) is 16.6. The zero-order valence-corrected chi connectivity index (χ0v) is 14.9. The number of carbonyl (C=O) groups excluding carboxylic acids is 1. The molecule has 6 nitrogen and oxygen atoms in total. The van der Waals surface area contributed by atoms with Gasteiger partial charge >= 0.3 is 0 Å². The molecule has 0 N–H and O–H groups in total. The molecule has 8 heteroatoms. The molecule has 1 fully saturated rings. The molecule has 0 bridgehead atoms. The van der Waals surface area contributed by atoms with E-state index in [1.54, 1.807) is 27.0 Å². The Morgan fingerprint density at radius 3 is 2.29 bits per heavy atom. The summed E-state index contributed by atoms with van der Waals surface area (Å²) in [6.45, 7) is 7.25. The lowest BCUT2D eigenvalue weighted by atomic mass is 10.2. The van der Waals surface area contributed by atoms with Gasteiger partial charge in [-0.05, 0) is 36.7 Å². The SMILES string of the molecule is CC(C)(C)S(=O)(=O)N1CCN(C2=C(Br)C(=O)CN=C2)CC1. The van der Waals surface area contributed by atoms with Crippen molar-refractivity contribution in [1.29, 1.82) is 0 Å². The van der Waals surface area contributed by atoms with E-state index in [1.807, 2.05) is 4.90 Å². The molecule has 1 saturated heterocycles. The molecule has 0 spiro atoms. The number of carbonyl (C=O) groups is 1. The van der Waals surface area contributed by atoms with Crippen LogP contribution in [0.4, 0.5) is 0 Å². The number of dihydropyridines is 1. The van der Waals surface area contributed by atoms with Crippen molar-refractivity contribution >= 4 is 38.0 Å². The van der Waals surface area contributed by atoms with Gasteiger partial charge in [0.05, 0.1) is 14.9 Å². The minimum atomic E-state index is -3.30. The van der Waals surface area contributed by atoms with Crippen molar-refractivity contribution < 1.29 is 13.2 Å². The van der Waals surface area contributed by atoms with Crippen LogP contribution in [0.5, 0.6) is 0 Å². The fraction of sp³-hybridized carbons (Fsp3) is 0.692. The largest absolute Gasteiger partial charge is 0.367 e. The molecule has 0 radical (unpaired) electrons. The van der Waals surface area contributed by atoms with Gasteiger partial charge in [0.15, 0.2) is 5.78 Å². The summed E-state index contributed by atoms with van der Waals surface area (Å²) in [6.07, 6.45) is 1.68. The average molecular weight is 378 g/mol. The number of sulfonamides is 1. The van der Waals surface area contributed by atoms with Crippen molar-refractivity contribution in [3.63, 3.8) is 0 Å². The number of hydrogen-bond donors (Lipinski definition) is 0. The van der Waals surface area contributed by atoms with Crippen molar-refractivity contribution in [2.24, 2.45) is 4.99 Å². The highest BCUT2D eigenvalue weighted by Crippen LogP contribution is 2.24. The van der Waals surface area contributed by atoms with Gasteiger partial charge in [0.2, 0.25) is 10.0 Å². The number of allylic oxidation sites excluding steroid dienone is 1. The van der Waals surface area contributed by atoms with E-state index in [-0.39, 0.29) is 12.3 Å². The minimum absolute atomic E-state index is 0.0442. The minimum Gasteiger partial charge on any atom is -0.367 e. The lowest BCUT2D eigenvalue weighted by Gasteiger charge is -2.39. The van der Waals surface area contributed by atoms with Gasteiger partial charge in [0, 0.05) is 32.4 Å². The summed E-state index contributed by atoms with van der Waals surface area (Å²) in [5.41, 5.74) is 0.749. The maximum Gasteiger partial charge on any atom is 0.219 e. The maximum absolute atomic E-state index is 12.4. The number of aliphatic imine (C=N–C) groups is 1. The second-order valence-corrected chi connectivity index (χ2v) is 9.58. The first-order valence-electron chi connectivity index (χ1n) is 6.82. The van der Waals surface area contributed by atoms with Gasteiger partial charge in [0.1, 0.15) is 6.54 Å². The van der Waals surface area contributed by atoms with Crippen molar-refractivity contribution in [3.8, 4) is 0 Å². The average Bonchev–Trinajstić information content (AvgIpc) is 2.41. The lowest BCUT2D eigenvalue weighted by molar-refractivity contribution is -0.113. The normalized spacial score (nSPS) is 22.1. The molecule has 0 aromatic heterocycles. The summed E-state index contributed by atoms with van der Waals surface area (Å²) in [5.74, 6) is -0.0442. The van der Waals surface area contributed by atoms with Crippen LogP contribution in [-0.4, -0.2) is 67.1 Å². The van der Waals surface area contributed by atoms with Crippen molar-refractivity contribution in [2.75, 3.05) is 32.7 Å². The molecular formula is C13H20BrN3O3S. The van der Waals surface area contributed by atoms with E-state index in [9.17, 15) is 13.2 Å². The molecule has 0 aromatic carbocycles. The number of rotatable bonds is 2. The van der Waals surface area contributed by atoms with Gasteiger partial charge in [-0.3, -0.25) is 9.79 Å². The Balaban J connectivity index is 2.10. The third-order valence-electron chi connectivity index (χ3n) is 3.61. The molecule has 0 unspecified atom stereocenters. The summed E-state index contributed by atoms with van der Waals surface area (Å²) in [7, 11) is -3.30. The molecule has 118 valence electrons.